The van der Waals surface area contributed by atoms with Crippen molar-refractivity contribution in [2.24, 2.45) is 0 Å². The maximum atomic E-state index is 13.1. The zero-order valence-electron chi connectivity index (χ0n) is 28.8. The Morgan fingerprint density at radius 2 is 1.43 bits per heavy atom. The molecule has 5 N–H and O–H groups in total. The molecule has 0 spiro atoms. The third-order valence-electron chi connectivity index (χ3n) is 7.48. The van der Waals surface area contributed by atoms with E-state index < -0.39 is 47.7 Å². The molecule has 3 aromatic heterocycles. The summed E-state index contributed by atoms with van der Waals surface area (Å²) in [5.74, 6) is -4.22. The average Bonchev–Trinajstić information content (AvgIpc) is 3.82. The van der Waals surface area contributed by atoms with Crippen molar-refractivity contribution in [1.82, 2.24) is 9.13 Å². The Morgan fingerprint density at radius 1 is 0.833 bits per heavy atom. The zero-order chi connectivity index (χ0) is 39.7. The molecule has 0 aliphatic rings. The molecule has 3 heterocycles. The average molecular weight is 748 g/mol. The largest absolute Gasteiger partial charge is 0.481 e. The number of benzene rings is 2. The number of anilines is 3. The highest BCUT2D eigenvalue weighted by Gasteiger charge is 2.29. The van der Waals surface area contributed by atoms with Gasteiger partial charge in [0.2, 0.25) is 11.8 Å². The first-order valence-corrected chi connectivity index (χ1v) is 15.7. The fourth-order valence-corrected chi connectivity index (χ4v) is 5.24. The van der Waals surface area contributed by atoms with Crippen LogP contribution in [0.25, 0.3) is 10.9 Å². The Labute approximate surface area is 303 Å². The van der Waals surface area contributed by atoms with Crippen LogP contribution in [0.5, 0.6) is 0 Å². The number of carbonyl (C=O) groups excluding carboxylic acids is 3. The van der Waals surface area contributed by atoms with E-state index >= 15 is 0 Å². The number of rotatable bonds is 12. The van der Waals surface area contributed by atoms with E-state index in [9.17, 15) is 48.6 Å². The van der Waals surface area contributed by atoms with Crippen molar-refractivity contribution in [3.8, 4) is 0 Å². The second-order valence-electron chi connectivity index (χ2n) is 11.3. The van der Waals surface area contributed by atoms with E-state index in [1.54, 1.807) is 24.3 Å². The number of ether oxygens (including phenoxy) is 1. The number of amides is 3. The van der Waals surface area contributed by atoms with E-state index in [-0.39, 0.29) is 47.1 Å². The van der Waals surface area contributed by atoms with Crippen LogP contribution < -0.4 is 26.8 Å². The number of carboxylic acids is 3. The number of aliphatic carboxylic acids is 2. The first-order valence-electron chi connectivity index (χ1n) is 15.7. The van der Waals surface area contributed by atoms with Gasteiger partial charge in [-0.25, -0.2) is 23.7 Å². The SMILES string of the molecule is CC(=O)Nc1ccc2c(=O)n(C(CC(=O)O)C(=O)O)c(=O)n(Cc3ccco3)c2c1.COC(=O)N(Cc1ccco1)c1cc(NC(C)=O)ccc1C(=O)O. The van der Waals surface area contributed by atoms with E-state index in [1.165, 1.54) is 69.9 Å². The first-order chi connectivity index (χ1) is 25.6. The minimum atomic E-state index is -1.90. The molecule has 19 nitrogen and oxygen atoms in total. The summed E-state index contributed by atoms with van der Waals surface area (Å²) in [6.45, 7) is 2.45. The fourth-order valence-electron chi connectivity index (χ4n) is 5.24. The molecule has 0 aliphatic carbocycles. The first kappa shape index (κ1) is 39.3. The van der Waals surface area contributed by atoms with Crippen LogP contribution in [0.4, 0.5) is 21.9 Å². The lowest BCUT2D eigenvalue weighted by Gasteiger charge is -2.22. The summed E-state index contributed by atoms with van der Waals surface area (Å²) in [6, 6.07) is 12.9. The number of hydrogen-bond donors (Lipinski definition) is 5. The molecule has 2 aromatic carbocycles. The zero-order valence-corrected chi connectivity index (χ0v) is 28.8. The van der Waals surface area contributed by atoms with Gasteiger partial charge >= 0.3 is 29.7 Å². The van der Waals surface area contributed by atoms with Crippen LogP contribution in [0, 0.1) is 0 Å². The predicted octanol–water partition coefficient (Wildman–Crippen LogP) is 3.57. The second kappa shape index (κ2) is 17.2. The van der Waals surface area contributed by atoms with Crippen molar-refractivity contribution in [3.63, 3.8) is 0 Å². The summed E-state index contributed by atoms with van der Waals surface area (Å²) in [5, 5.41) is 32.9. The number of methoxy groups -OCH3 is 1. The molecule has 3 amide bonds. The number of nitrogens with zero attached hydrogens (tertiary/aromatic N) is 3. The van der Waals surface area contributed by atoms with Crippen LogP contribution in [0.2, 0.25) is 0 Å². The van der Waals surface area contributed by atoms with Crippen LogP contribution in [-0.4, -0.2) is 67.4 Å². The number of carboxylic acid groups (broad SMARTS) is 3. The molecule has 1 unspecified atom stereocenters. The minimum Gasteiger partial charge on any atom is -0.481 e. The normalized spacial score (nSPS) is 11.1. The summed E-state index contributed by atoms with van der Waals surface area (Å²) in [7, 11) is 1.19. The quantitative estimate of drug-likeness (QED) is 0.122. The number of nitrogens with one attached hydrogen (secondary N) is 2. The third-order valence-corrected chi connectivity index (χ3v) is 7.48. The Kier molecular flexibility index (Phi) is 12.5. The topological polar surface area (TPSA) is 270 Å². The molecule has 5 aromatic rings. The van der Waals surface area contributed by atoms with Crippen molar-refractivity contribution in [2.45, 2.75) is 39.4 Å². The number of hydrogen-bond acceptors (Lipinski definition) is 11. The number of aromatic nitrogens is 2. The van der Waals surface area contributed by atoms with Crippen molar-refractivity contribution < 1.29 is 57.7 Å². The van der Waals surface area contributed by atoms with Gasteiger partial charge in [0.1, 0.15) is 17.6 Å². The monoisotopic (exact) mass is 747 g/mol. The predicted molar refractivity (Wildman–Crippen MR) is 189 cm³/mol. The number of aromatic carboxylic acids is 1. The molecular formula is C35H33N5O14. The maximum absolute atomic E-state index is 13.1. The van der Waals surface area contributed by atoms with Gasteiger partial charge in [0, 0.05) is 25.2 Å². The van der Waals surface area contributed by atoms with E-state index in [4.69, 9.17) is 18.7 Å². The van der Waals surface area contributed by atoms with E-state index in [0.29, 0.717) is 27.5 Å². The minimum absolute atomic E-state index is 0.0214. The van der Waals surface area contributed by atoms with Crippen LogP contribution in [-0.2, 0) is 37.0 Å². The summed E-state index contributed by atoms with van der Waals surface area (Å²) in [6.07, 6.45) is 1.11. The van der Waals surface area contributed by atoms with Gasteiger partial charge in [-0.2, -0.15) is 0 Å². The molecule has 54 heavy (non-hydrogen) atoms. The molecule has 0 saturated heterocycles. The van der Waals surface area contributed by atoms with Gasteiger partial charge < -0.3 is 39.5 Å². The number of fused-ring (bicyclic) bond motifs is 1. The summed E-state index contributed by atoms with van der Waals surface area (Å²) in [4.78, 5) is 96.1. The summed E-state index contributed by atoms with van der Waals surface area (Å²) >= 11 is 0. The van der Waals surface area contributed by atoms with Crippen LogP contribution in [0.3, 0.4) is 0 Å². The van der Waals surface area contributed by atoms with Gasteiger partial charge in [-0.1, -0.05) is 0 Å². The molecular weight excluding hydrogens is 714 g/mol. The molecule has 282 valence electrons. The number of furan rings is 2. The molecule has 0 saturated carbocycles. The Balaban J connectivity index is 0.000000247. The molecule has 0 fully saturated rings. The van der Waals surface area contributed by atoms with Gasteiger partial charge in [0.25, 0.3) is 5.56 Å². The van der Waals surface area contributed by atoms with Gasteiger partial charge in [0.15, 0.2) is 0 Å². The van der Waals surface area contributed by atoms with Gasteiger partial charge in [-0.3, -0.25) is 28.6 Å². The van der Waals surface area contributed by atoms with Crippen molar-refractivity contribution >= 4 is 63.8 Å². The highest BCUT2D eigenvalue weighted by Crippen LogP contribution is 2.28. The van der Waals surface area contributed by atoms with Gasteiger partial charge in [0.05, 0.1) is 61.3 Å². The van der Waals surface area contributed by atoms with E-state index in [2.05, 4.69) is 10.6 Å². The second-order valence-corrected chi connectivity index (χ2v) is 11.3. The van der Waals surface area contributed by atoms with Crippen molar-refractivity contribution in [2.75, 3.05) is 22.6 Å². The summed E-state index contributed by atoms with van der Waals surface area (Å²) < 4.78 is 16.7. The Hall–Kier alpha value is -7.44. The van der Waals surface area contributed by atoms with Crippen LogP contribution in [0.1, 0.15) is 48.2 Å². The van der Waals surface area contributed by atoms with Crippen molar-refractivity contribution in [3.05, 3.63) is 111 Å². The highest BCUT2D eigenvalue weighted by molar-refractivity contribution is 6.01. The third kappa shape index (κ3) is 9.46. The molecule has 0 radical (unpaired) electrons. The van der Waals surface area contributed by atoms with Gasteiger partial charge in [-0.05, 0) is 60.7 Å². The maximum Gasteiger partial charge on any atom is 0.414 e. The van der Waals surface area contributed by atoms with Crippen molar-refractivity contribution in [1.29, 1.82) is 0 Å². The molecule has 0 aliphatic heterocycles. The Morgan fingerprint density at radius 3 is 1.94 bits per heavy atom. The molecule has 0 bridgehead atoms. The van der Waals surface area contributed by atoms with E-state index in [1.807, 2.05) is 0 Å². The van der Waals surface area contributed by atoms with Crippen LogP contribution >= 0.6 is 0 Å². The Bertz CT molecular complexity index is 2320. The molecule has 5 rings (SSSR count). The number of carbonyl (C=O) groups is 6. The standard InChI is InChI=1S/C19H17N3O8.C16H16N2O6/c1-10(23)20-11-4-5-13-14(7-11)21(9-12-3-2-6-30-12)19(29)22(17(13)26)15(18(27)28)8-16(24)25;1-10(19)17-11-5-6-13(15(20)21)14(8-11)18(16(22)23-2)9-12-4-3-7-24-12/h2-7,15H,8-9H2,1H3,(H,20,23)(H,24,25)(H,27,28);3-8H,9H2,1-2H3,(H,17,19)(H,20,21). The molecule has 1 atom stereocenters. The van der Waals surface area contributed by atoms with E-state index in [0.717, 1.165) is 9.47 Å². The van der Waals surface area contributed by atoms with Gasteiger partial charge in [-0.15, -0.1) is 0 Å². The lowest BCUT2D eigenvalue weighted by molar-refractivity contribution is -0.147. The lowest BCUT2D eigenvalue weighted by atomic mass is 10.1. The molecule has 19 heteroatoms. The fraction of sp³-hybridized carbons (Fsp3) is 0.200. The smallest absolute Gasteiger partial charge is 0.414 e. The summed E-state index contributed by atoms with van der Waals surface area (Å²) in [5.41, 5.74) is -1.19. The lowest BCUT2D eigenvalue weighted by Crippen LogP contribution is -2.45. The highest BCUT2D eigenvalue weighted by atomic mass is 16.5. The van der Waals surface area contributed by atoms with Crippen LogP contribution in [0.15, 0.2) is 91.6 Å².